The van der Waals surface area contributed by atoms with E-state index in [1.807, 2.05) is 4.90 Å². The summed E-state index contributed by atoms with van der Waals surface area (Å²) in [6, 6.07) is 2.64. The summed E-state index contributed by atoms with van der Waals surface area (Å²) >= 11 is 0. The van der Waals surface area contributed by atoms with Gasteiger partial charge < -0.3 is 15.0 Å². The number of hydrogen-bond donors (Lipinski definition) is 1. The van der Waals surface area contributed by atoms with E-state index in [-0.39, 0.29) is 5.91 Å². The average Bonchev–Trinajstić information content (AvgIpc) is 2.39. The number of anilines is 1. The summed E-state index contributed by atoms with van der Waals surface area (Å²) < 4.78 is 18.4. The molecule has 0 unspecified atom stereocenters. The fourth-order valence-electron chi connectivity index (χ4n) is 1.75. The van der Waals surface area contributed by atoms with Crippen molar-refractivity contribution in [2.75, 3.05) is 38.3 Å². The Morgan fingerprint density at radius 3 is 2.82 bits per heavy atom. The van der Waals surface area contributed by atoms with Gasteiger partial charge in [0, 0.05) is 20.1 Å². The second kappa shape index (κ2) is 5.09. The van der Waals surface area contributed by atoms with E-state index in [1.165, 1.54) is 19.2 Å². The molecule has 0 radical (unpaired) electrons. The van der Waals surface area contributed by atoms with Crippen LogP contribution in [0.2, 0.25) is 0 Å². The lowest BCUT2D eigenvalue weighted by Gasteiger charge is -2.29. The largest absolute Gasteiger partial charge is 0.378 e. The highest BCUT2D eigenvalue weighted by molar-refractivity contribution is 5.98. The van der Waals surface area contributed by atoms with Crippen molar-refractivity contribution in [2.45, 2.75) is 0 Å². The van der Waals surface area contributed by atoms with Gasteiger partial charge in [-0.15, -0.1) is 0 Å². The quantitative estimate of drug-likeness (QED) is 0.760. The molecule has 1 aromatic rings. The molecule has 5 nitrogen and oxygen atoms in total. The van der Waals surface area contributed by atoms with Crippen LogP contribution in [0, 0.1) is 5.95 Å². The molecule has 1 N–H and O–H groups in total. The monoisotopic (exact) mass is 239 g/mol. The Morgan fingerprint density at radius 2 is 2.18 bits per heavy atom. The van der Waals surface area contributed by atoms with Crippen molar-refractivity contribution < 1.29 is 13.9 Å². The van der Waals surface area contributed by atoms with Crippen molar-refractivity contribution in [3.05, 3.63) is 23.6 Å². The van der Waals surface area contributed by atoms with E-state index in [4.69, 9.17) is 4.74 Å². The highest BCUT2D eigenvalue weighted by Gasteiger charge is 2.20. The summed E-state index contributed by atoms with van der Waals surface area (Å²) in [5, 5.41) is 2.52. The molecule has 92 valence electrons. The lowest BCUT2D eigenvalue weighted by Crippen LogP contribution is -2.38. The number of ether oxygens (including phenoxy) is 1. The number of carbonyl (C=O) groups is 1. The minimum Gasteiger partial charge on any atom is -0.378 e. The maximum atomic E-state index is 13.2. The predicted octanol–water partition coefficient (Wildman–Crippen LogP) is 0.417. The first kappa shape index (κ1) is 11.8. The van der Waals surface area contributed by atoms with Crippen LogP contribution in [-0.2, 0) is 4.74 Å². The molecule has 0 atom stereocenters. The minimum atomic E-state index is -0.584. The summed E-state index contributed by atoms with van der Waals surface area (Å²) in [6.07, 6.45) is 0. The fourth-order valence-corrected chi connectivity index (χ4v) is 1.75. The predicted molar refractivity (Wildman–Crippen MR) is 60.6 cm³/mol. The molecule has 17 heavy (non-hydrogen) atoms. The van der Waals surface area contributed by atoms with Crippen LogP contribution >= 0.6 is 0 Å². The topological polar surface area (TPSA) is 54.5 Å². The van der Waals surface area contributed by atoms with Gasteiger partial charge in [0.15, 0.2) is 0 Å². The number of nitrogens with zero attached hydrogens (tertiary/aromatic N) is 2. The van der Waals surface area contributed by atoms with Gasteiger partial charge in [-0.2, -0.15) is 4.39 Å². The van der Waals surface area contributed by atoms with Gasteiger partial charge in [-0.25, -0.2) is 4.98 Å². The van der Waals surface area contributed by atoms with E-state index >= 15 is 0 Å². The number of pyridine rings is 1. The van der Waals surface area contributed by atoms with Crippen LogP contribution in [-0.4, -0.2) is 44.2 Å². The summed E-state index contributed by atoms with van der Waals surface area (Å²) in [5.41, 5.74) is 0.385. The molecule has 1 aliphatic heterocycles. The molecule has 1 amide bonds. The second-order valence-corrected chi connectivity index (χ2v) is 3.68. The van der Waals surface area contributed by atoms with Crippen LogP contribution in [0.25, 0.3) is 0 Å². The van der Waals surface area contributed by atoms with Gasteiger partial charge in [-0.1, -0.05) is 0 Å². The first-order chi connectivity index (χ1) is 8.22. The first-order valence-corrected chi connectivity index (χ1v) is 5.43. The number of hydrogen-bond acceptors (Lipinski definition) is 4. The Hall–Kier alpha value is -1.69. The van der Waals surface area contributed by atoms with E-state index in [9.17, 15) is 9.18 Å². The Balaban J connectivity index is 2.35. The standard InChI is InChI=1S/C11H14FN3O2/c1-13-11(16)8-2-3-9(12)14-10(8)15-4-6-17-7-5-15/h2-3H,4-7H2,1H3,(H,13,16). The Kier molecular flexibility index (Phi) is 3.53. The van der Waals surface area contributed by atoms with Gasteiger partial charge in [0.2, 0.25) is 5.95 Å². The highest BCUT2D eigenvalue weighted by Crippen LogP contribution is 2.19. The van der Waals surface area contributed by atoms with Gasteiger partial charge in [0.1, 0.15) is 5.82 Å². The molecule has 6 heteroatoms. The number of halogens is 1. The SMILES string of the molecule is CNC(=O)c1ccc(F)nc1N1CCOCC1. The van der Waals surface area contributed by atoms with Crippen LogP contribution in [0.1, 0.15) is 10.4 Å². The molecule has 0 aliphatic carbocycles. The van der Waals surface area contributed by atoms with Crippen LogP contribution in [0.3, 0.4) is 0 Å². The number of carbonyl (C=O) groups excluding carboxylic acids is 1. The van der Waals surface area contributed by atoms with Crippen molar-refractivity contribution in [1.82, 2.24) is 10.3 Å². The van der Waals surface area contributed by atoms with Gasteiger partial charge >= 0.3 is 0 Å². The molecule has 0 aromatic carbocycles. The summed E-state index contributed by atoms with van der Waals surface area (Å²) in [7, 11) is 1.54. The second-order valence-electron chi connectivity index (χ2n) is 3.68. The third kappa shape index (κ3) is 2.52. The van der Waals surface area contributed by atoms with Crippen molar-refractivity contribution in [1.29, 1.82) is 0 Å². The van der Waals surface area contributed by atoms with Crippen molar-refractivity contribution >= 4 is 11.7 Å². The zero-order valence-electron chi connectivity index (χ0n) is 9.57. The number of morpholine rings is 1. The van der Waals surface area contributed by atoms with Crippen molar-refractivity contribution in [3.8, 4) is 0 Å². The number of nitrogens with one attached hydrogen (secondary N) is 1. The van der Waals surface area contributed by atoms with E-state index in [0.717, 1.165) is 0 Å². The number of aromatic nitrogens is 1. The van der Waals surface area contributed by atoms with Gasteiger partial charge in [0.25, 0.3) is 5.91 Å². The first-order valence-electron chi connectivity index (χ1n) is 5.43. The molecule has 0 saturated carbocycles. The fraction of sp³-hybridized carbons (Fsp3) is 0.455. The maximum Gasteiger partial charge on any atom is 0.254 e. The van der Waals surface area contributed by atoms with Gasteiger partial charge in [0.05, 0.1) is 18.8 Å². The van der Waals surface area contributed by atoms with E-state index in [0.29, 0.717) is 37.7 Å². The Labute approximate surface area is 98.6 Å². The zero-order valence-corrected chi connectivity index (χ0v) is 9.57. The Bertz CT molecular complexity index is 419. The Morgan fingerprint density at radius 1 is 1.47 bits per heavy atom. The molecule has 0 bridgehead atoms. The summed E-state index contributed by atoms with van der Waals surface area (Å²) in [4.78, 5) is 17.3. The molecule has 0 spiro atoms. The van der Waals surface area contributed by atoms with E-state index in [2.05, 4.69) is 10.3 Å². The van der Waals surface area contributed by atoms with Gasteiger partial charge in [-0.05, 0) is 12.1 Å². The average molecular weight is 239 g/mol. The lowest BCUT2D eigenvalue weighted by molar-refractivity contribution is 0.0961. The molecule has 1 saturated heterocycles. The van der Waals surface area contributed by atoms with Crippen LogP contribution in [0.4, 0.5) is 10.2 Å². The van der Waals surface area contributed by atoms with Crippen LogP contribution < -0.4 is 10.2 Å². The molecular weight excluding hydrogens is 225 g/mol. The highest BCUT2D eigenvalue weighted by atomic mass is 19.1. The molecule has 1 aromatic heterocycles. The molecule has 1 aliphatic rings. The molecule has 1 fully saturated rings. The summed E-state index contributed by atoms with van der Waals surface area (Å²) in [5.74, 6) is -0.467. The van der Waals surface area contributed by atoms with Crippen LogP contribution in [0.5, 0.6) is 0 Å². The minimum absolute atomic E-state index is 0.265. The van der Waals surface area contributed by atoms with Crippen molar-refractivity contribution in [3.63, 3.8) is 0 Å². The zero-order chi connectivity index (χ0) is 12.3. The van der Waals surface area contributed by atoms with E-state index in [1.54, 1.807) is 0 Å². The normalized spacial score (nSPS) is 15.8. The lowest BCUT2D eigenvalue weighted by atomic mass is 10.2. The van der Waals surface area contributed by atoms with E-state index < -0.39 is 5.95 Å². The summed E-state index contributed by atoms with van der Waals surface area (Å²) in [6.45, 7) is 2.34. The maximum absolute atomic E-state index is 13.2. The molecular formula is C11H14FN3O2. The number of rotatable bonds is 2. The third-order valence-corrected chi connectivity index (χ3v) is 2.62. The smallest absolute Gasteiger partial charge is 0.254 e. The molecule has 2 heterocycles. The van der Waals surface area contributed by atoms with Crippen molar-refractivity contribution in [2.24, 2.45) is 0 Å². The van der Waals surface area contributed by atoms with Crippen LogP contribution in [0.15, 0.2) is 12.1 Å². The third-order valence-electron chi connectivity index (χ3n) is 2.62. The number of amides is 1. The van der Waals surface area contributed by atoms with Gasteiger partial charge in [-0.3, -0.25) is 4.79 Å². The molecule has 2 rings (SSSR count).